The van der Waals surface area contributed by atoms with E-state index in [4.69, 9.17) is 4.98 Å². The molecule has 5 aromatic rings. The number of carbonyl (C=O) groups is 2. The van der Waals surface area contributed by atoms with E-state index in [0.717, 1.165) is 36.1 Å². The monoisotopic (exact) mass is 587 g/mol. The van der Waals surface area contributed by atoms with Crippen LogP contribution in [0.1, 0.15) is 13.8 Å². The molecule has 0 aliphatic heterocycles. The first-order valence-corrected chi connectivity index (χ1v) is 13.4. The van der Waals surface area contributed by atoms with Gasteiger partial charge in [-0.15, -0.1) is 0 Å². The Hall–Kier alpha value is -6.23. The Bertz CT molecular complexity index is 1830. The van der Waals surface area contributed by atoms with Crippen molar-refractivity contribution < 1.29 is 19.7 Å². The van der Waals surface area contributed by atoms with Crippen molar-refractivity contribution in [3.63, 3.8) is 0 Å². The highest BCUT2D eigenvalue weighted by Crippen LogP contribution is 2.35. The van der Waals surface area contributed by atoms with Gasteiger partial charge in [0.1, 0.15) is 11.4 Å². The Morgan fingerprint density at radius 3 is 1.45 bits per heavy atom. The van der Waals surface area contributed by atoms with Crippen LogP contribution in [0.15, 0.2) is 115 Å². The molecule has 0 spiro atoms. The highest BCUT2D eigenvalue weighted by molar-refractivity contribution is 5.91. The summed E-state index contributed by atoms with van der Waals surface area (Å²) in [5.41, 5.74) is 6.46. The van der Waals surface area contributed by atoms with Crippen LogP contribution in [-0.2, 0) is 9.59 Å². The van der Waals surface area contributed by atoms with E-state index < -0.39 is 21.9 Å². The summed E-state index contributed by atoms with van der Waals surface area (Å²) >= 11 is 0. The molecule has 218 valence electrons. The normalized spacial score (nSPS) is 10.6. The number of nitro groups is 2. The molecule has 5 rings (SSSR count). The number of nitrogens with zero attached hydrogens (tertiary/aromatic N) is 5. The molecule has 11 nitrogen and oxygen atoms in total. The Morgan fingerprint density at radius 2 is 0.977 bits per heavy atom. The smallest absolute Gasteiger partial charge is 0.269 e. The number of hydrogen-bond acceptors (Lipinski definition) is 7. The number of carbonyl (C=O) groups excluding carboxylic acids is 2. The van der Waals surface area contributed by atoms with E-state index >= 15 is 0 Å². The maximum absolute atomic E-state index is 11.9. The van der Waals surface area contributed by atoms with Gasteiger partial charge in [0.2, 0.25) is 0 Å². The largest absolute Gasteiger partial charge is 0.286 e. The molecule has 4 aromatic carbocycles. The van der Waals surface area contributed by atoms with Crippen LogP contribution in [0.4, 0.5) is 11.4 Å². The van der Waals surface area contributed by atoms with Crippen molar-refractivity contribution in [1.82, 2.24) is 4.98 Å². The number of amides is 2. The minimum Gasteiger partial charge on any atom is -0.269 e. The molecule has 0 aliphatic carbocycles. The van der Waals surface area contributed by atoms with Crippen molar-refractivity contribution in [3.8, 4) is 44.8 Å². The lowest BCUT2D eigenvalue weighted by atomic mass is 9.95. The van der Waals surface area contributed by atoms with E-state index in [0.29, 0.717) is 32.5 Å². The van der Waals surface area contributed by atoms with Crippen molar-refractivity contribution in [1.29, 1.82) is 0 Å². The van der Waals surface area contributed by atoms with Crippen molar-refractivity contribution in [2.45, 2.75) is 13.8 Å². The van der Waals surface area contributed by atoms with E-state index in [9.17, 15) is 29.8 Å². The van der Waals surface area contributed by atoms with Crippen LogP contribution in [0, 0.1) is 20.2 Å². The molecule has 0 N–H and O–H groups in total. The highest BCUT2D eigenvalue weighted by Gasteiger charge is 2.24. The lowest BCUT2D eigenvalue weighted by Gasteiger charge is -2.15. The van der Waals surface area contributed by atoms with Gasteiger partial charge in [0.05, 0.1) is 11.4 Å². The zero-order chi connectivity index (χ0) is 31.4. The predicted molar refractivity (Wildman–Crippen MR) is 166 cm³/mol. The lowest BCUT2D eigenvalue weighted by Crippen LogP contribution is -2.34. The number of anilines is 2. The SMILES string of the molecule is CC(=O)N(c1ccc(-c2ccc(-c3ccc(-c4ccccc4)cc3)c(-c3ccc(N(C(C)=O)[N+](=O)[O-])cc3)n2)cc1)[N+](=O)[O-]. The molecule has 0 aliphatic rings. The Morgan fingerprint density at radius 1 is 0.545 bits per heavy atom. The number of rotatable bonds is 8. The highest BCUT2D eigenvalue weighted by atomic mass is 16.7. The second kappa shape index (κ2) is 12.3. The van der Waals surface area contributed by atoms with Gasteiger partial charge in [-0.1, -0.05) is 84.9 Å². The van der Waals surface area contributed by atoms with Gasteiger partial charge in [-0.25, -0.2) is 25.2 Å². The summed E-state index contributed by atoms with van der Waals surface area (Å²) in [5, 5.41) is 22.2. The van der Waals surface area contributed by atoms with Crippen molar-refractivity contribution >= 4 is 23.2 Å². The fourth-order valence-electron chi connectivity index (χ4n) is 4.86. The van der Waals surface area contributed by atoms with Crippen LogP contribution in [0.3, 0.4) is 0 Å². The summed E-state index contributed by atoms with van der Waals surface area (Å²) in [6.45, 7) is 2.23. The molecule has 0 bridgehead atoms. The quantitative estimate of drug-likeness (QED) is 0.143. The first kappa shape index (κ1) is 29.3. The molecule has 44 heavy (non-hydrogen) atoms. The molecule has 0 saturated carbocycles. The molecule has 0 radical (unpaired) electrons. The molecule has 1 heterocycles. The van der Waals surface area contributed by atoms with Crippen LogP contribution in [0.5, 0.6) is 0 Å². The van der Waals surface area contributed by atoms with Crippen molar-refractivity contribution in [2.75, 3.05) is 10.0 Å². The summed E-state index contributed by atoms with van der Waals surface area (Å²) in [7, 11) is 0. The van der Waals surface area contributed by atoms with Crippen LogP contribution in [-0.4, -0.2) is 26.9 Å². The van der Waals surface area contributed by atoms with Gasteiger partial charge in [-0.3, -0.25) is 9.59 Å². The number of aromatic nitrogens is 1. The third-order valence-electron chi connectivity index (χ3n) is 6.91. The second-order valence-electron chi connectivity index (χ2n) is 9.77. The molecular formula is C33H25N5O6. The van der Waals surface area contributed by atoms with Gasteiger partial charge >= 0.3 is 0 Å². The van der Waals surface area contributed by atoms with E-state index in [2.05, 4.69) is 0 Å². The summed E-state index contributed by atoms with van der Waals surface area (Å²) in [6, 6.07) is 34.2. The Kier molecular flexibility index (Phi) is 8.20. The van der Waals surface area contributed by atoms with E-state index in [1.54, 1.807) is 24.3 Å². The number of hydrazine groups is 2. The van der Waals surface area contributed by atoms with Crippen LogP contribution in [0.25, 0.3) is 44.8 Å². The van der Waals surface area contributed by atoms with Gasteiger partial charge < -0.3 is 0 Å². The summed E-state index contributed by atoms with van der Waals surface area (Å²) in [5.74, 6) is -1.46. The van der Waals surface area contributed by atoms with E-state index in [1.165, 1.54) is 24.3 Å². The molecule has 11 heteroatoms. The summed E-state index contributed by atoms with van der Waals surface area (Å²) in [6.07, 6.45) is 0. The van der Waals surface area contributed by atoms with Crippen molar-refractivity contribution in [3.05, 3.63) is 135 Å². The standard InChI is InChI=1S/C33H25N5O6/c1-22(39)35(37(41)42)29-16-12-27(13-17-29)32-21-20-31(26-10-8-25(9-11-26)24-6-4-3-5-7-24)33(34-32)28-14-18-30(19-15-28)36(23(2)40)38(43)44/h3-21H,1-2H3. The number of hydrogen-bond donors (Lipinski definition) is 0. The third kappa shape index (κ3) is 6.02. The third-order valence-corrected chi connectivity index (χ3v) is 6.91. The van der Waals surface area contributed by atoms with Crippen LogP contribution < -0.4 is 10.0 Å². The van der Waals surface area contributed by atoms with Gasteiger partial charge in [0.15, 0.2) is 10.1 Å². The topological polar surface area (TPSA) is 140 Å². The first-order valence-electron chi connectivity index (χ1n) is 13.4. The number of pyridine rings is 1. The van der Waals surface area contributed by atoms with E-state index in [-0.39, 0.29) is 11.4 Å². The molecule has 0 atom stereocenters. The molecular weight excluding hydrogens is 562 g/mol. The minimum absolute atomic E-state index is 0.104. The average Bonchev–Trinajstić information content (AvgIpc) is 3.01. The van der Waals surface area contributed by atoms with Gasteiger partial charge in [0, 0.05) is 30.5 Å². The Labute approximate surface area is 251 Å². The van der Waals surface area contributed by atoms with Crippen LogP contribution in [0.2, 0.25) is 0 Å². The van der Waals surface area contributed by atoms with Crippen molar-refractivity contribution in [2.24, 2.45) is 0 Å². The maximum Gasteiger partial charge on any atom is 0.286 e. The van der Waals surface area contributed by atoms with Gasteiger partial charge in [-0.05, 0) is 57.0 Å². The lowest BCUT2D eigenvalue weighted by molar-refractivity contribution is -0.483. The van der Waals surface area contributed by atoms with E-state index in [1.807, 2.05) is 66.7 Å². The molecule has 2 amide bonds. The zero-order valence-electron chi connectivity index (χ0n) is 23.7. The predicted octanol–water partition coefficient (Wildman–Crippen LogP) is 6.84. The average molecular weight is 588 g/mol. The molecule has 0 saturated heterocycles. The first-order chi connectivity index (χ1) is 21.1. The Balaban J connectivity index is 1.58. The number of benzene rings is 4. The molecule has 1 aromatic heterocycles. The minimum atomic E-state index is -0.776. The van der Waals surface area contributed by atoms with Crippen LogP contribution >= 0.6 is 0 Å². The van der Waals surface area contributed by atoms with Gasteiger partial charge in [0.25, 0.3) is 11.8 Å². The maximum atomic E-state index is 11.9. The second-order valence-corrected chi connectivity index (χ2v) is 9.77. The van der Waals surface area contributed by atoms with Gasteiger partial charge in [-0.2, -0.15) is 0 Å². The molecule has 0 unspecified atom stereocenters. The zero-order valence-corrected chi connectivity index (χ0v) is 23.7. The summed E-state index contributed by atoms with van der Waals surface area (Å²) < 4.78 is 0. The molecule has 0 fully saturated rings. The fraction of sp³-hybridized carbons (Fsp3) is 0.0606. The fourth-order valence-corrected chi connectivity index (χ4v) is 4.86. The summed E-state index contributed by atoms with van der Waals surface area (Å²) in [4.78, 5) is 51.4.